The standard InChI is InChI=1S/C15H16O6/c1-2-11(14(16)20-12-7-3-5-9-18-12)15(17)21-13-8-4-6-10-19-13/h3-13H,2H2,1H3. The molecule has 2 atom stereocenters. The van der Waals surface area contributed by atoms with E-state index in [1.807, 2.05) is 0 Å². The number of esters is 2. The molecule has 112 valence electrons. The smallest absolute Gasteiger partial charge is 0.323 e. The second kappa shape index (κ2) is 7.33. The van der Waals surface area contributed by atoms with Crippen molar-refractivity contribution in [2.24, 2.45) is 5.92 Å². The summed E-state index contributed by atoms with van der Waals surface area (Å²) in [5, 5.41) is 0. The van der Waals surface area contributed by atoms with Gasteiger partial charge in [0.15, 0.2) is 5.92 Å². The van der Waals surface area contributed by atoms with Crippen LogP contribution in [-0.2, 0) is 28.5 Å². The van der Waals surface area contributed by atoms with Crippen molar-refractivity contribution in [3.8, 4) is 0 Å². The van der Waals surface area contributed by atoms with E-state index >= 15 is 0 Å². The van der Waals surface area contributed by atoms with Gasteiger partial charge in [0, 0.05) is 0 Å². The van der Waals surface area contributed by atoms with Crippen LogP contribution in [0.2, 0.25) is 0 Å². The number of hydrogen-bond acceptors (Lipinski definition) is 6. The van der Waals surface area contributed by atoms with Gasteiger partial charge in [-0.1, -0.05) is 19.1 Å². The zero-order chi connectivity index (χ0) is 15.1. The van der Waals surface area contributed by atoms with Crippen LogP contribution in [0.3, 0.4) is 0 Å². The van der Waals surface area contributed by atoms with E-state index in [-0.39, 0.29) is 6.42 Å². The molecular formula is C15H16O6. The predicted octanol–water partition coefficient (Wildman–Crippen LogP) is 1.95. The van der Waals surface area contributed by atoms with Crippen molar-refractivity contribution in [2.75, 3.05) is 0 Å². The first kappa shape index (κ1) is 14.9. The lowest BCUT2D eigenvalue weighted by Crippen LogP contribution is -2.33. The summed E-state index contributed by atoms with van der Waals surface area (Å²) < 4.78 is 20.3. The van der Waals surface area contributed by atoms with Crippen LogP contribution in [0.1, 0.15) is 13.3 Å². The highest BCUT2D eigenvalue weighted by atomic mass is 16.7. The monoisotopic (exact) mass is 292 g/mol. The molecule has 0 radical (unpaired) electrons. The van der Waals surface area contributed by atoms with Gasteiger partial charge >= 0.3 is 11.9 Å². The predicted molar refractivity (Wildman–Crippen MR) is 72.3 cm³/mol. The van der Waals surface area contributed by atoms with Crippen LogP contribution in [0, 0.1) is 5.92 Å². The van der Waals surface area contributed by atoms with Gasteiger partial charge in [-0.05, 0) is 30.7 Å². The Balaban J connectivity index is 1.88. The van der Waals surface area contributed by atoms with Crippen molar-refractivity contribution >= 4 is 11.9 Å². The molecule has 0 aromatic carbocycles. The lowest BCUT2D eigenvalue weighted by Gasteiger charge is -2.21. The van der Waals surface area contributed by atoms with Crippen LogP contribution in [0.4, 0.5) is 0 Å². The summed E-state index contributed by atoms with van der Waals surface area (Å²) >= 11 is 0. The number of hydrogen-bond donors (Lipinski definition) is 0. The molecule has 2 aliphatic heterocycles. The largest absolute Gasteiger partial charge is 0.459 e. The first-order chi connectivity index (χ1) is 10.2. The van der Waals surface area contributed by atoms with E-state index in [1.165, 1.54) is 12.5 Å². The minimum Gasteiger partial charge on any atom is -0.459 e. The summed E-state index contributed by atoms with van der Waals surface area (Å²) in [6, 6.07) is 0. The average Bonchev–Trinajstić information content (AvgIpc) is 2.50. The number of allylic oxidation sites excluding steroid dienone is 4. The first-order valence-electron chi connectivity index (χ1n) is 6.59. The summed E-state index contributed by atoms with van der Waals surface area (Å²) in [5.74, 6) is -2.40. The molecule has 2 rings (SSSR count). The molecule has 0 aliphatic carbocycles. The molecule has 2 aliphatic rings. The molecule has 2 unspecified atom stereocenters. The molecule has 6 nitrogen and oxygen atoms in total. The van der Waals surface area contributed by atoms with E-state index in [0.717, 1.165) is 0 Å². The molecule has 0 bridgehead atoms. The van der Waals surface area contributed by atoms with E-state index in [0.29, 0.717) is 0 Å². The van der Waals surface area contributed by atoms with Crippen molar-refractivity contribution in [2.45, 2.75) is 25.9 Å². The Hall–Kier alpha value is -2.50. The Morgan fingerprint density at radius 1 is 0.952 bits per heavy atom. The molecule has 0 amide bonds. The highest BCUT2D eigenvalue weighted by Gasteiger charge is 2.31. The molecule has 0 N–H and O–H groups in total. The Bertz CT molecular complexity index is 458. The van der Waals surface area contributed by atoms with Crippen molar-refractivity contribution in [1.29, 1.82) is 0 Å². The SMILES string of the molecule is CCC(C(=O)OC1C=CC=CO1)C(=O)OC1C=CC=CO1. The Morgan fingerprint density at radius 2 is 1.43 bits per heavy atom. The maximum atomic E-state index is 12.0. The maximum absolute atomic E-state index is 12.0. The number of rotatable bonds is 5. The fraction of sp³-hybridized carbons (Fsp3) is 0.333. The molecule has 0 aromatic heterocycles. The zero-order valence-corrected chi connectivity index (χ0v) is 11.5. The summed E-state index contributed by atoms with van der Waals surface area (Å²) in [6.07, 6.45) is 11.3. The van der Waals surface area contributed by atoms with Gasteiger partial charge in [0.25, 0.3) is 12.6 Å². The third-order valence-corrected chi connectivity index (χ3v) is 2.78. The van der Waals surface area contributed by atoms with Gasteiger partial charge in [-0.15, -0.1) is 0 Å². The van der Waals surface area contributed by atoms with Crippen molar-refractivity contribution in [3.63, 3.8) is 0 Å². The maximum Gasteiger partial charge on any atom is 0.323 e. The highest BCUT2D eigenvalue weighted by Crippen LogP contribution is 2.15. The van der Waals surface area contributed by atoms with Crippen molar-refractivity contribution in [1.82, 2.24) is 0 Å². The van der Waals surface area contributed by atoms with Gasteiger partial charge < -0.3 is 18.9 Å². The molecule has 21 heavy (non-hydrogen) atoms. The second-order valence-corrected chi connectivity index (χ2v) is 4.27. The normalized spacial score (nSPS) is 23.9. The highest BCUT2D eigenvalue weighted by molar-refractivity contribution is 5.95. The van der Waals surface area contributed by atoms with Gasteiger partial charge in [-0.3, -0.25) is 9.59 Å². The van der Waals surface area contributed by atoms with Crippen LogP contribution >= 0.6 is 0 Å². The number of ether oxygens (including phenoxy) is 4. The van der Waals surface area contributed by atoms with E-state index < -0.39 is 30.4 Å². The Morgan fingerprint density at radius 3 is 1.76 bits per heavy atom. The lowest BCUT2D eigenvalue weighted by atomic mass is 10.1. The van der Waals surface area contributed by atoms with Crippen LogP contribution < -0.4 is 0 Å². The zero-order valence-electron chi connectivity index (χ0n) is 11.5. The summed E-state index contributed by atoms with van der Waals surface area (Å²) in [7, 11) is 0. The van der Waals surface area contributed by atoms with E-state index in [2.05, 4.69) is 0 Å². The molecule has 0 fully saturated rings. The van der Waals surface area contributed by atoms with Gasteiger partial charge in [0.1, 0.15) is 0 Å². The molecular weight excluding hydrogens is 276 g/mol. The summed E-state index contributed by atoms with van der Waals surface area (Å²) in [6.45, 7) is 1.70. The average molecular weight is 292 g/mol. The van der Waals surface area contributed by atoms with Crippen LogP contribution in [0.15, 0.2) is 49.0 Å². The number of carbonyl (C=O) groups excluding carboxylic acids is 2. The fourth-order valence-corrected chi connectivity index (χ4v) is 1.69. The topological polar surface area (TPSA) is 71.1 Å². The Kier molecular flexibility index (Phi) is 5.20. The molecule has 2 heterocycles. The molecule has 0 saturated carbocycles. The van der Waals surface area contributed by atoms with Gasteiger partial charge in [-0.25, -0.2) is 0 Å². The van der Waals surface area contributed by atoms with E-state index in [9.17, 15) is 9.59 Å². The fourth-order valence-electron chi connectivity index (χ4n) is 1.69. The number of carbonyl (C=O) groups is 2. The molecule has 0 aromatic rings. The first-order valence-corrected chi connectivity index (χ1v) is 6.59. The van der Waals surface area contributed by atoms with E-state index in [4.69, 9.17) is 18.9 Å². The second-order valence-electron chi connectivity index (χ2n) is 4.27. The third-order valence-electron chi connectivity index (χ3n) is 2.78. The molecule has 0 saturated heterocycles. The minimum absolute atomic E-state index is 0.260. The third kappa shape index (κ3) is 4.24. The van der Waals surface area contributed by atoms with Gasteiger partial charge in [0.2, 0.25) is 0 Å². The van der Waals surface area contributed by atoms with Crippen LogP contribution in [0.5, 0.6) is 0 Å². The summed E-state index contributed by atoms with van der Waals surface area (Å²) in [5.41, 5.74) is 0. The van der Waals surface area contributed by atoms with Crippen molar-refractivity contribution in [3.05, 3.63) is 49.0 Å². The van der Waals surface area contributed by atoms with Gasteiger partial charge in [-0.2, -0.15) is 0 Å². The van der Waals surface area contributed by atoms with Gasteiger partial charge in [0.05, 0.1) is 12.5 Å². The van der Waals surface area contributed by atoms with Crippen LogP contribution in [0.25, 0.3) is 0 Å². The minimum atomic E-state index is -1.02. The molecule has 0 spiro atoms. The van der Waals surface area contributed by atoms with Crippen molar-refractivity contribution < 1.29 is 28.5 Å². The summed E-state index contributed by atoms with van der Waals surface area (Å²) in [4.78, 5) is 24.0. The lowest BCUT2D eigenvalue weighted by molar-refractivity contribution is -0.181. The molecule has 6 heteroatoms. The van der Waals surface area contributed by atoms with E-state index in [1.54, 1.807) is 43.4 Å². The quantitative estimate of drug-likeness (QED) is 0.570. The van der Waals surface area contributed by atoms with Crippen LogP contribution in [-0.4, -0.2) is 24.5 Å². The Labute approximate surface area is 122 Å².